The van der Waals surface area contributed by atoms with E-state index >= 15 is 0 Å². The predicted molar refractivity (Wildman–Crippen MR) is 163 cm³/mol. The van der Waals surface area contributed by atoms with Crippen LogP contribution in [0, 0.1) is 18.3 Å². The summed E-state index contributed by atoms with van der Waals surface area (Å²) in [5.41, 5.74) is 5.20. The van der Waals surface area contributed by atoms with E-state index < -0.39 is 5.41 Å². The number of likely N-dealkylation sites (tertiary alicyclic amines) is 1. The number of rotatable bonds is 9. The van der Waals surface area contributed by atoms with Crippen LogP contribution in [0.1, 0.15) is 80.9 Å². The fraction of sp³-hybridized carbons (Fsp3) is 0.424. The lowest BCUT2D eigenvalue weighted by Gasteiger charge is -2.36. The first-order chi connectivity index (χ1) is 20.7. The Balaban J connectivity index is 1.62. The van der Waals surface area contributed by atoms with Gasteiger partial charge in [-0.1, -0.05) is 18.7 Å². The first-order valence-electron chi connectivity index (χ1n) is 14.8. The van der Waals surface area contributed by atoms with E-state index in [-0.39, 0.29) is 23.9 Å². The van der Waals surface area contributed by atoms with Crippen molar-refractivity contribution in [3.05, 3.63) is 93.8 Å². The summed E-state index contributed by atoms with van der Waals surface area (Å²) in [5, 5.41) is 27.5. The molecule has 1 saturated heterocycles. The molecule has 5 rings (SSSR count). The average molecular weight is 582 g/mol. The number of nitrogens with one attached hydrogen (secondary N) is 3. The number of aryl methyl sites for hydroxylation is 3. The van der Waals surface area contributed by atoms with Gasteiger partial charge in [-0.05, 0) is 85.5 Å². The van der Waals surface area contributed by atoms with Crippen molar-refractivity contribution in [2.45, 2.75) is 63.5 Å². The zero-order chi connectivity index (χ0) is 30.7. The maximum atomic E-state index is 12.6. The summed E-state index contributed by atoms with van der Waals surface area (Å²) in [5.74, 6) is 0.608. The van der Waals surface area contributed by atoms with Gasteiger partial charge in [-0.2, -0.15) is 5.26 Å². The quantitative estimate of drug-likeness (QED) is 0.350. The van der Waals surface area contributed by atoms with Gasteiger partial charge < -0.3 is 25.3 Å². The predicted octanol–water partition coefficient (Wildman–Crippen LogP) is 3.40. The van der Waals surface area contributed by atoms with Crippen LogP contribution in [-0.4, -0.2) is 66.2 Å². The first kappa shape index (κ1) is 30.0. The maximum Gasteiger partial charge on any atom is 0.251 e. The summed E-state index contributed by atoms with van der Waals surface area (Å²) in [6, 6.07) is 13.8. The molecule has 0 spiro atoms. The Bertz CT molecular complexity index is 1520. The molecule has 224 valence electrons. The third-order valence-electron chi connectivity index (χ3n) is 8.74. The lowest BCUT2D eigenvalue weighted by atomic mass is 9.68. The fourth-order valence-electron chi connectivity index (χ4n) is 6.63. The van der Waals surface area contributed by atoms with Gasteiger partial charge in [0.15, 0.2) is 0 Å². The molecule has 3 aromatic rings. The summed E-state index contributed by atoms with van der Waals surface area (Å²) in [6.07, 6.45) is 3.73. The highest BCUT2D eigenvalue weighted by Gasteiger charge is 2.46. The van der Waals surface area contributed by atoms with Crippen LogP contribution in [0.4, 0.5) is 0 Å². The number of fused-ring (bicyclic) bond motifs is 2. The number of nitriles is 1. The summed E-state index contributed by atoms with van der Waals surface area (Å²) < 4.78 is 6.26. The van der Waals surface area contributed by atoms with Crippen LogP contribution in [0.25, 0.3) is 0 Å². The molecule has 0 bridgehead atoms. The van der Waals surface area contributed by atoms with E-state index in [1.165, 1.54) is 0 Å². The third-order valence-corrected chi connectivity index (χ3v) is 8.74. The summed E-state index contributed by atoms with van der Waals surface area (Å²) in [4.78, 5) is 27.4. The number of aromatic nitrogens is 2. The van der Waals surface area contributed by atoms with Crippen molar-refractivity contribution in [3.8, 4) is 6.07 Å². The van der Waals surface area contributed by atoms with Crippen LogP contribution < -0.4 is 16.0 Å². The normalized spacial score (nSPS) is 17.7. The van der Waals surface area contributed by atoms with E-state index in [0.717, 1.165) is 47.3 Å². The largest absolute Gasteiger partial charge is 0.424 e. The van der Waals surface area contributed by atoms with Crippen molar-refractivity contribution < 1.29 is 14.0 Å². The van der Waals surface area contributed by atoms with Gasteiger partial charge in [0.05, 0.1) is 6.07 Å². The fourth-order valence-corrected chi connectivity index (χ4v) is 6.63. The standard InChI is InChI=1S/C33H39N7O3/c1-20(37-19-21(2)40-14-6-7-27(40)18-34)17-33(32-39-38-22(3)43-32)28-12-10-25(30(41)35-4)15-23(28)8-9-24-16-26(31(42)36-5)11-13-29(24)33/h10-13,15-16,20,27,37H,2,6-9,14,17,19H2,1,3-5H3,(H,35,41)(H,36,42)/t20-,27?/m0/s1. The molecule has 0 radical (unpaired) electrons. The highest BCUT2D eigenvalue weighted by molar-refractivity contribution is 5.95. The Morgan fingerprint density at radius 2 is 1.70 bits per heavy atom. The van der Waals surface area contributed by atoms with E-state index in [1.807, 2.05) is 36.4 Å². The molecule has 2 amide bonds. The summed E-state index contributed by atoms with van der Waals surface area (Å²) in [7, 11) is 3.25. The van der Waals surface area contributed by atoms with Crippen LogP contribution in [0.5, 0.6) is 0 Å². The molecule has 1 fully saturated rings. The number of nitrogens with zero attached hydrogens (tertiary/aromatic N) is 4. The van der Waals surface area contributed by atoms with Gasteiger partial charge in [-0.25, -0.2) is 0 Å². The van der Waals surface area contributed by atoms with Gasteiger partial charge in [0.1, 0.15) is 11.5 Å². The van der Waals surface area contributed by atoms with Crippen LogP contribution >= 0.6 is 0 Å². The second-order valence-electron chi connectivity index (χ2n) is 11.5. The zero-order valence-electron chi connectivity index (χ0n) is 25.3. The topological polar surface area (TPSA) is 136 Å². The van der Waals surface area contributed by atoms with E-state index in [2.05, 4.69) is 50.6 Å². The minimum atomic E-state index is -0.860. The highest BCUT2D eigenvalue weighted by Crippen LogP contribution is 2.48. The number of amides is 2. The molecule has 3 N–H and O–H groups in total. The number of hydrogen-bond acceptors (Lipinski definition) is 8. The van der Waals surface area contributed by atoms with E-state index in [1.54, 1.807) is 21.0 Å². The van der Waals surface area contributed by atoms with Crippen molar-refractivity contribution in [3.63, 3.8) is 0 Å². The minimum Gasteiger partial charge on any atom is -0.424 e. The molecule has 1 aromatic heterocycles. The average Bonchev–Trinajstić information content (AvgIpc) is 3.67. The van der Waals surface area contributed by atoms with Crippen LogP contribution in [0.2, 0.25) is 0 Å². The van der Waals surface area contributed by atoms with Gasteiger partial charge in [0.2, 0.25) is 11.8 Å². The Hall–Kier alpha value is -4.49. The van der Waals surface area contributed by atoms with Gasteiger partial charge in [0.25, 0.3) is 11.8 Å². The van der Waals surface area contributed by atoms with Crippen molar-refractivity contribution in [2.75, 3.05) is 27.2 Å². The maximum absolute atomic E-state index is 12.6. The Morgan fingerprint density at radius 1 is 1.09 bits per heavy atom. The molecular formula is C33H39N7O3. The second kappa shape index (κ2) is 12.4. The third kappa shape index (κ3) is 5.65. The lowest BCUT2D eigenvalue weighted by molar-refractivity contribution is 0.0955. The van der Waals surface area contributed by atoms with E-state index in [0.29, 0.717) is 48.7 Å². The smallest absolute Gasteiger partial charge is 0.251 e. The number of carbonyl (C=O) groups excluding carboxylic acids is 2. The molecule has 2 heterocycles. The molecule has 2 aliphatic rings. The molecule has 43 heavy (non-hydrogen) atoms. The summed E-state index contributed by atoms with van der Waals surface area (Å²) in [6.45, 7) is 9.54. The molecular weight excluding hydrogens is 542 g/mol. The molecule has 2 atom stereocenters. The molecule has 2 aromatic carbocycles. The molecule has 1 aliphatic carbocycles. The first-order valence-corrected chi connectivity index (χ1v) is 14.8. The molecule has 0 saturated carbocycles. The minimum absolute atomic E-state index is 0.0527. The number of hydrogen-bond donors (Lipinski definition) is 3. The summed E-state index contributed by atoms with van der Waals surface area (Å²) >= 11 is 0. The molecule has 10 nitrogen and oxygen atoms in total. The van der Waals surface area contributed by atoms with Gasteiger partial charge in [0, 0.05) is 57.0 Å². The van der Waals surface area contributed by atoms with Crippen molar-refractivity contribution in [1.82, 2.24) is 31.0 Å². The Morgan fingerprint density at radius 3 is 2.21 bits per heavy atom. The van der Waals surface area contributed by atoms with Crippen LogP contribution in [0.15, 0.2) is 53.1 Å². The van der Waals surface area contributed by atoms with E-state index in [9.17, 15) is 14.9 Å². The van der Waals surface area contributed by atoms with Crippen LogP contribution in [-0.2, 0) is 18.3 Å². The van der Waals surface area contributed by atoms with Gasteiger partial charge in [-0.15, -0.1) is 10.2 Å². The SMILES string of the molecule is C=C(CN[C@@H](C)CC1(c2nnc(C)o2)c2ccc(C(=O)NC)cc2CCc2cc(C(=O)NC)ccc21)N1CCCC1C#N. The van der Waals surface area contributed by atoms with Gasteiger partial charge in [-0.3, -0.25) is 9.59 Å². The Labute approximate surface area is 252 Å². The van der Waals surface area contributed by atoms with Crippen LogP contribution in [0.3, 0.4) is 0 Å². The second-order valence-corrected chi connectivity index (χ2v) is 11.5. The van der Waals surface area contributed by atoms with Crippen molar-refractivity contribution in [1.29, 1.82) is 5.26 Å². The molecule has 1 unspecified atom stereocenters. The lowest BCUT2D eigenvalue weighted by Crippen LogP contribution is -2.42. The van der Waals surface area contributed by atoms with Gasteiger partial charge >= 0.3 is 0 Å². The Kier molecular flexibility index (Phi) is 8.64. The molecule has 10 heteroatoms. The van der Waals surface area contributed by atoms with E-state index in [4.69, 9.17) is 4.42 Å². The monoisotopic (exact) mass is 581 g/mol. The number of benzene rings is 2. The number of carbonyl (C=O) groups is 2. The molecule has 1 aliphatic heterocycles. The zero-order valence-corrected chi connectivity index (χ0v) is 25.3. The highest BCUT2D eigenvalue weighted by atomic mass is 16.4. The van der Waals surface area contributed by atoms with Crippen molar-refractivity contribution in [2.24, 2.45) is 0 Å². The van der Waals surface area contributed by atoms with Crippen molar-refractivity contribution >= 4 is 11.8 Å².